The summed E-state index contributed by atoms with van der Waals surface area (Å²) in [6.07, 6.45) is 0.748. The van der Waals surface area contributed by atoms with E-state index in [1.165, 1.54) is 0 Å². The first-order chi connectivity index (χ1) is 13.2. The van der Waals surface area contributed by atoms with Crippen molar-refractivity contribution in [2.24, 2.45) is 0 Å². The highest BCUT2D eigenvalue weighted by Gasteiger charge is 2.02. The minimum atomic E-state index is -0.0540. The van der Waals surface area contributed by atoms with Crippen LogP contribution < -0.4 is 15.4 Å². The second-order valence-corrected chi connectivity index (χ2v) is 6.46. The Labute approximate surface area is 164 Å². The number of halogens is 1. The van der Waals surface area contributed by atoms with E-state index < -0.39 is 0 Å². The summed E-state index contributed by atoms with van der Waals surface area (Å²) in [5.74, 6) is 1.48. The van der Waals surface area contributed by atoms with Crippen LogP contribution in [0.2, 0.25) is 5.02 Å². The van der Waals surface area contributed by atoms with Gasteiger partial charge in [0, 0.05) is 17.3 Å². The SMILES string of the molecule is O=C(CNc1ccc(Oc2ccccc2)cc1)NCCc1cccc(Cl)c1. The molecule has 0 unspecified atom stereocenters. The van der Waals surface area contributed by atoms with Crippen molar-refractivity contribution in [3.8, 4) is 11.5 Å². The molecule has 3 aromatic carbocycles. The molecular formula is C22H21ClN2O2. The van der Waals surface area contributed by atoms with Gasteiger partial charge in [0.1, 0.15) is 11.5 Å². The van der Waals surface area contributed by atoms with Gasteiger partial charge in [-0.3, -0.25) is 4.79 Å². The van der Waals surface area contributed by atoms with Gasteiger partial charge in [0.15, 0.2) is 0 Å². The quantitative estimate of drug-likeness (QED) is 0.584. The normalized spacial score (nSPS) is 10.3. The lowest BCUT2D eigenvalue weighted by atomic mass is 10.1. The van der Waals surface area contributed by atoms with Crippen LogP contribution in [-0.2, 0) is 11.2 Å². The third-order valence-corrected chi connectivity index (χ3v) is 4.15. The van der Waals surface area contributed by atoms with Gasteiger partial charge < -0.3 is 15.4 Å². The molecule has 0 aliphatic heterocycles. The summed E-state index contributed by atoms with van der Waals surface area (Å²) in [6, 6.07) is 24.8. The van der Waals surface area contributed by atoms with Crippen LogP contribution in [0.25, 0.3) is 0 Å². The number of hydrogen-bond acceptors (Lipinski definition) is 3. The molecule has 0 bridgehead atoms. The van der Waals surface area contributed by atoms with E-state index >= 15 is 0 Å². The van der Waals surface area contributed by atoms with Crippen LogP contribution in [-0.4, -0.2) is 19.0 Å². The molecule has 0 saturated carbocycles. The van der Waals surface area contributed by atoms with E-state index in [0.717, 1.165) is 29.2 Å². The highest BCUT2D eigenvalue weighted by molar-refractivity contribution is 6.30. The number of carbonyl (C=O) groups is 1. The molecule has 3 rings (SSSR count). The van der Waals surface area contributed by atoms with Crippen LogP contribution in [0.15, 0.2) is 78.9 Å². The fourth-order valence-corrected chi connectivity index (χ4v) is 2.76. The Hall–Kier alpha value is -2.98. The first-order valence-corrected chi connectivity index (χ1v) is 9.15. The zero-order chi connectivity index (χ0) is 18.9. The van der Waals surface area contributed by atoms with Gasteiger partial charge in [-0.15, -0.1) is 0 Å². The molecule has 5 heteroatoms. The number of hydrogen-bond donors (Lipinski definition) is 2. The molecule has 0 atom stereocenters. The van der Waals surface area contributed by atoms with Gasteiger partial charge >= 0.3 is 0 Å². The van der Waals surface area contributed by atoms with Crippen molar-refractivity contribution in [1.82, 2.24) is 5.32 Å². The first-order valence-electron chi connectivity index (χ1n) is 8.77. The third-order valence-electron chi connectivity index (χ3n) is 3.91. The second-order valence-electron chi connectivity index (χ2n) is 6.02. The predicted octanol–water partition coefficient (Wildman–Crippen LogP) is 4.90. The number of benzene rings is 3. The molecule has 0 fully saturated rings. The van der Waals surface area contributed by atoms with Gasteiger partial charge in [-0.05, 0) is 60.5 Å². The van der Waals surface area contributed by atoms with Crippen molar-refractivity contribution in [3.63, 3.8) is 0 Å². The van der Waals surface area contributed by atoms with E-state index in [9.17, 15) is 4.79 Å². The van der Waals surface area contributed by atoms with E-state index in [-0.39, 0.29) is 12.5 Å². The Morgan fingerprint density at radius 1 is 0.889 bits per heavy atom. The lowest BCUT2D eigenvalue weighted by Gasteiger charge is -2.09. The smallest absolute Gasteiger partial charge is 0.239 e. The number of rotatable bonds is 8. The van der Waals surface area contributed by atoms with Crippen LogP contribution in [0.3, 0.4) is 0 Å². The van der Waals surface area contributed by atoms with Crippen LogP contribution in [0.4, 0.5) is 5.69 Å². The Balaban J connectivity index is 1.39. The minimum absolute atomic E-state index is 0.0540. The molecule has 27 heavy (non-hydrogen) atoms. The standard InChI is InChI=1S/C22H21ClN2O2/c23-18-6-4-5-17(15-18)13-14-24-22(26)16-25-19-9-11-21(12-10-19)27-20-7-2-1-3-8-20/h1-12,15,25H,13-14,16H2,(H,24,26). The molecule has 0 aromatic heterocycles. The molecule has 3 aromatic rings. The van der Waals surface area contributed by atoms with Crippen LogP contribution in [0.5, 0.6) is 11.5 Å². The van der Waals surface area contributed by atoms with Gasteiger partial charge in [0.25, 0.3) is 0 Å². The average Bonchev–Trinajstić information content (AvgIpc) is 2.68. The fourth-order valence-electron chi connectivity index (χ4n) is 2.55. The van der Waals surface area contributed by atoms with E-state index in [0.29, 0.717) is 11.6 Å². The molecule has 0 spiro atoms. The van der Waals surface area contributed by atoms with Crippen LogP contribution in [0.1, 0.15) is 5.56 Å². The number of para-hydroxylation sites is 1. The summed E-state index contributed by atoms with van der Waals surface area (Å²) in [6.45, 7) is 0.791. The maximum absolute atomic E-state index is 12.0. The maximum Gasteiger partial charge on any atom is 0.239 e. The molecule has 0 aliphatic rings. The number of anilines is 1. The van der Waals surface area contributed by atoms with Crippen LogP contribution in [0, 0.1) is 0 Å². The van der Waals surface area contributed by atoms with Crippen LogP contribution >= 0.6 is 11.6 Å². The Morgan fingerprint density at radius 2 is 1.63 bits per heavy atom. The number of ether oxygens (including phenoxy) is 1. The monoisotopic (exact) mass is 380 g/mol. The molecule has 1 amide bonds. The van der Waals surface area contributed by atoms with Gasteiger partial charge in [-0.1, -0.05) is 41.9 Å². The molecule has 0 radical (unpaired) electrons. The average molecular weight is 381 g/mol. The molecule has 0 heterocycles. The molecule has 4 nitrogen and oxygen atoms in total. The molecule has 2 N–H and O–H groups in total. The van der Waals surface area contributed by atoms with E-state index in [4.69, 9.17) is 16.3 Å². The topological polar surface area (TPSA) is 50.4 Å². The fraction of sp³-hybridized carbons (Fsp3) is 0.136. The zero-order valence-corrected chi connectivity index (χ0v) is 15.6. The molecule has 0 aliphatic carbocycles. The van der Waals surface area contributed by atoms with Gasteiger partial charge in [0.2, 0.25) is 5.91 Å². The highest BCUT2D eigenvalue weighted by atomic mass is 35.5. The van der Waals surface area contributed by atoms with Gasteiger partial charge in [-0.25, -0.2) is 0 Å². The number of amides is 1. The summed E-state index contributed by atoms with van der Waals surface area (Å²) >= 11 is 5.95. The summed E-state index contributed by atoms with van der Waals surface area (Å²) in [7, 11) is 0. The summed E-state index contributed by atoms with van der Waals surface area (Å²) in [5, 5.41) is 6.71. The maximum atomic E-state index is 12.0. The molecule has 0 saturated heterocycles. The second kappa shape index (κ2) is 9.64. The lowest BCUT2D eigenvalue weighted by molar-refractivity contribution is -0.119. The summed E-state index contributed by atoms with van der Waals surface area (Å²) in [4.78, 5) is 12.0. The Kier molecular flexibility index (Phi) is 6.72. The zero-order valence-electron chi connectivity index (χ0n) is 14.8. The number of carbonyl (C=O) groups excluding carboxylic acids is 1. The predicted molar refractivity (Wildman–Crippen MR) is 110 cm³/mol. The van der Waals surface area contributed by atoms with Crippen molar-refractivity contribution in [2.45, 2.75) is 6.42 Å². The lowest BCUT2D eigenvalue weighted by Crippen LogP contribution is -2.31. The minimum Gasteiger partial charge on any atom is -0.457 e. The Bertz CT molecular complexity index is 867. The van der Waals surface area contributed by atoms with Crippen molar-refractivity contribution in [2.75, 3.05) is 18.4 Å². The van der Waals surface area contributed by atoms with Crippen molar-refractivity contribution < 1.29 is 9.53 Å². The van der Waals surface area contributed by atoms with Gasteiger partial charge in [-0.2, -0.15) is 0 Å². The van der Waals surface area contributed by atoms with E-state index in [1.807, 2.05) is 78.9 Å². The summed E-state index contributed by atoms with van der Waals surface area (Å²) < 4.78 is 5.75. The molecular weight excluding hydrogens is 360 g/mol. The van der Waals surface area contributed by atoms with Gasteiger partial charge in [0.05, 0.1) is 6.54 Å². The van der Waals surface area contributed by atoms with E-state index in [1.54, 1.807) is 0 Å². The molecule has 138 valence electrons. The third kappa shape index (κ3) is 6.35. The van der Waals surface area contributed by atoms with Crippen molar-refractivity contribution in [3.05, 3.63) is 89.4 Å². The first kappa shape index (κ1) is 18.8. The van der Waals surface area contributed by atoms with Crippen molar-refractivity contribution in [1.29, 1.82) is 0 Å². The number of nitrogens with one attached hydrogen (secondary N) is 2. The Morgan fingerprint density at radius 3 is 2.37 bits per heavy atom. The highest BCUT2D eigenvalue weighted by Crippen LogP contribution is 2.22. The largest absolute Gasteiger partial charge is 0.457 e. The van der Waals surface area contributed by atoms with Crippen molar-refractivity contribution >= 4 is 23.2 Å². The van der Waals surface area contributed by atoms with E-state index in [2.05, 4.69) is 10.6 Å². The summed E-state index contributed by atoms with van der Waals surface area (Å²) in [5.41, 5.74) is 1.96.